The summed E-state index contributed by atoms with van der Waals surface area (Å²) in [5.74, 6) is -1.54. The van der Waals surface area contributed by atoms with Crippen LogP contribution in [0.15, 0.2) is 40.5 Å². The molecule has 0 aliphatic carbocycles. The summed E-state index contributed by atoms with van der Waals surface area (Å²) < 4.78 is 1.08. The second-order valence-corrected chi connectivity index (χ2v) is 6.55. The minimum Gasteiger partial charge on any atom is -0.861 e. The molecule has 0 amide bonds. The monoisotopic (exact) mass is 390 g/mol. The van der Waals surface area contributed by atoms with Crippen LogP contribution in [0.2, 0.25) is 0 Å². The first-order valence-electron chi connectivity index (χ1n) is 8.62. The minimum atomic E-state index is -1.35. The standard InChI is InChI=1S/C19H20N4O4.Na/c1-4-10(2)11(3)17(24)22-12-5-6-15-13(7-12)16-20-8-14(19(26)27)18(25)23(16)9-21-15;/h5-11H,4H2,1-3H3,(H,22,24)(H,26,27);/q;+1/p-1. The number of rotatable bonds is 5. The molecule has 9 heteroatoms. The van der Waals surface area contributed by atoms with Crippen LogP contribution in [0.1, 0.15) is 37.6 Å². The number of fused-ring (bicyclic) bond motifs is 3. The number of aromatic carboxylic acids is 1. The van der Waals surface area contributed by atoms with Crippen molar-refractivity contribution in [1.29, 1.82) is 0 Å². The van der Waals surface area contributed by atoms with E-state index in [9.17, 15) is 14.7 Å². The third kappa shape index (κ3) is 4.09. The molecular formula is C19H19N4NaO4. The van der Waals surface area contributed by atoms with Crippen LogP contribution < -0.4 is 40.2 Å². The fourth-order valence-electron chi connectivity index (χ4n) is 2.75. The Morgan fingerprint density at radius 2 is 2.04 bits per heavy atom. The molecule has 2 aromatic heterocycles. The zero-order valence-corrected chi connectivity index (χ0v) is 18.2. The Morgan fingerprint density at radius 3 is 2.68 bits per heavy atom. The van der Waals surface area contributed by atoms with Gasteiger partial charge in [-0.3, -0.25) is 9.79 Å². The molecule has 28 heavy (non-hydrogen) atoms. The van der Waals surface area contributed by atoms with Gasteiger partial charge in [-0.1, -0.05) is 27.2 Å². The van der Waals surface area contributed by atoms with E-state index in [4.69, 9.17) is 5.11 Å². The van der Waals surface area contributed by atoms with Gasteiger partial charge in [-0.15, -0.1) is 0 Å². The summed E-state index contributed by atoms with van der Waals surface area (Å²) in [6, 6.07) is 5.00. The molecule has 1 N–H and O–H groups in total. The normalized spacial score (nSPS) is 13.9. The van der Waals surface area contributed by atoms with Crippen molar-refractivity contribution >= 4 is 34.1 Å². The van der Waals surface area contributed by atoms with E-state index in [1.54, 1.807) is 18.2 Å². The van der Waals surface area contributed by atoms with E-state index in [0.29, 0.717) is 16.6 Å². The van der Waals surface area contributed by atoms with Gasteiger partial charge in [-0.2, -0.15) is 0 Å². The molecule has 0 aliphatic heterocycles. The number of carboxylic acid groups (broad SMARTS) is 1. The van der Waals surface area contributed by atoms with Crippen LogP contribution in [0.4, 0.5) is 5.69 Å². The molecule has 0 saturated heterocycles. The van der Waals surface area contributed by atoms with Gasteiger partial charge < -0.3 is 10.2 Å². The second-order valence-electron chi connectivity index (χ2n) is 6.55. The van der Waals surface area contributed by atoms with Crippen molar-refractivity contribution in [2.45, 2.75) is 27.2 Å². The average Bonchev–Trinajstić information content (AvgIpc) is 2.66. The SMILES string of the molecule is CCC(C)C(C)C([O-])=Nc1ccc2ncn3c(=O)c(C(=O)O)cnc3c2c1.[Na+]. The summed E-state index contributed by atoms with van der Waals surface area (Å²) in [7, 11) is 0. The van der Waals surface area contributed by atoms with Crippen molar-refractivity contribution in [2.24, 2.45) is 16.8 Å². The van der Waals surface area contributed by atoms with E-state index < -0.39 is 17.1 Å². The van der Waals surface area contributed by atoms with Crippen LogP contribution >= 0.6 is 0 Å². The van der Waals surface area contributed by atoms with Gasteiger partial charge in [0.05, 0.1) is 11.2 Å². The van der Waals surface area contributed by atoms with Crippen molar-refractivity contribution in [3.05, 3.63) is 46.6 Å². The van der Waals surface area contributed by atoms with E-state index in [-0.39, 0.29) is 52.9 Å². The van der Waals surface area contributed by atoms with Crippen molar-refractivity contribution in [2.75, 3.05) is 0 Å². The Bertz CT molecular complexity index is 1130. The third-order valence-corrected chi connectivity index (χ3v) is 4.88. The molecule has 3 aromatic rings. The van der Waals surface area contributed by atoms with Gasteiger partial charge in [0.15, 0.2) is 0 Å². The molecule has 2 atom stereocenters. The molecule has 0 radical (unpaired) electrons. The fraction of sp³-hybridized carbons (Fsp3) is 0.316. The van der Waals surface area contributed by atoms with Gasteiger partial charge in [0.25, 0.3) is 5.56 Å². The summed E-state index contributed by atoms with van der Waals surface area (Å²) in [4.78, 5) is 35.9. The molecule has 0 bridgehead atoms. The van der Waals surface area contributed by atoms with Crippen LogP contribution in [0, 0.1) is 11.8 Å². The number of aliphatic imine (C=N–C) groups is 1. The maximum absolute atomic E-state index is 12.4. The summed E-state index contributed by atoms with van der Waals surface area (Å²) in [6.07, 6.45) is 3.15. The van der Waals surface area contributed by atoms with Crippen LogP contribution in [0.25, 0.3) is 16.6 Å². The van der Waals surface area contributed by atoms with Gasteiger partial charge in [0.1, 0.15) is 17.5 Å². The van der Waals surface area contributed by atoms with Gasteiger partial charge in [-0.05, 0) is 35.9 Å². The number of nitrogens with zero attached hydrogens (tertiary/aromatic N) is 4. The first kappa shape index (κ1) is 22.0. The molecule has 0 spiro atoms. The van der Waals surface area contributed by atoms with E-state index in [0.717, 1.165) is 17.0 Å². The predicted octanol–water partition coefficient (Wildman–Crippen LogP) is -0.983. The molecular weight excluding hydrogens is 371 g/mol. The zero-order valence-electron chi connectivity index (χ0n) is 16.2. The van der Waals surface area contributed by atoms with E-state index in [2.05, 4.69) is 15.0 Å². The first-order chi connectivity index (χ1) is 12.8. The zero-order chi connectivity index (χ0) is 19.7. The van der Waals surface area contributed by atoms with Crippen molar-refractivity contribution in [3.63, 3.8) is 0 Å². The van der Waals surface area contributed by atoms with E-state index >= 15 is 0 Å². The molecule has 0 saturated carbocycles. The Kier molecular flexibility index (Phi) is 6.92. The molecule has 2 unspecified atom stereocenters. The van der Waals surface area contributed by atoms with Crippen LogP contribution in [0.5, 0.6) is 0 Å². The van der Waals surface area contributed by atoms with Crippen molar-refractivity contribution < 1.29 is 44.6 Å². The van der Waals surface area contributed by atoms with Gasteiger partial charge in [-0.25, -0.2) is 19.2 Å². The van der Waals surface area contributed by atoms with Crippen LogP contribution in [-0.2, 0) is 0 Å². The van der Waals surface area contributed by atoms with Gasteiger partial charge in [0.2, 0.25) is 0 Å². The first-order valence-corrected chi connectivity index (χ1v) is 8.62. The molecule has 3 rings (SSSR count). The van der Waals surface area contributed by atoms with E-state index in [1.165, 1.54) is 6.33 Å². The Labute approximate surface area is 183 Å². The minimum absolute atomic E-state index is 0. The number of hydrogen-bond acceptors (Lipinski definition) is 6. The molecule has 0 fully saturated rings. The maximum atomic E-state index is 12.4. The predicted molar refractivity (Wildman–Crippen MR) is 99.4 cm³/mol. The largest absolute Gasteiger partial charge is 1.00 e. The Morgan fingerprint density at radius 1 is 1.32 bits per heavy atom. The molecule has 8 nitrogen and oxygen atoms in total. The van der Waals surface area contributed by atoms with Gasteiger partial charge in [0, 0.05) is 11.6 Å². The molecule has 1 aromatic carbocycles. The van der Waals surface area contributed by atoms with E-state index in [1.807, 2.05) is 20.8 Å². The number of benzene rings is 1. The average molecular weight is 390 g/mol. The molecule has 140 valence electrons. The smallest absolute Gasteiger partial charge is 0.861 e. The number of carbonyl (C=O) groups is 1. The quantitative estimate of drug-likeness (QED) is 0.259. The number of hydrogen-bond donors (Lipinski definition) is 1. The van der Waals surface area contributed by atoms with Crippen molar-refractivity contribution in [3.8, 4) is 0 Å². The molecule has 0 aliphatic rings. The summed E-state index contributed by atoms with van der Waals surface area (Å²) >= 11 is 0. The Hall–Kier alpha value is -2.29. The fourth-order valence-corrected chi connectivity index (χ4v) is 2.75. The second kappa shape index (κ2) is 8.81. The van der Waals surface area contributed by atoms with Gasteiger partial charge >= 0.3 is 35.5 Å². The summed E-state index contributed by atoms with van der Waals surface area (Å²) in [5, 5.41) is 22.0. The summed E-state index contributed by atoms with van der Waals surface area (Å²) in [5.41, 5.74) is 0.104. The third-order valence-electron chi connectivity index (χ3n) is 4.88. The Balaban J connectivity index is 0.00000280. The maximum Gasteiger partial charge on any atom is 1.00 e. The van der Waals surface area contributed by atoms with Crippen molar-refractivity contribution in [1.82, 2.24) is 14.4 Å². The topological polar surface area (TPSA) is 120 Å². The summed E-state index contributed by atoms with van der Waals surface area (Å²) in [6.45, 7) is 5.88. The molecule has 2 heterocycles. The van der Waals surface area contributed by atoms with Crippen LogP contribution in [-0.4, -0.2) is 31.3 Å². The van der Waals surface area contributed by atoms with Crippen LogP contribution in [0.3, 0.4) is 0 Å². The number of aromatic nitrogens is 3. The number of carboxylic acids is 1.